The molecule has 29 heavy (non-hydrogen) atoms. The van der Waals surface area contributed by atoms with Gasteiger partial charge < -0.3 is 20.1 Å². The van der Waals surface area contributed by atoms with Gasteiger partial charge in [-0.05, 0) is 38.7 Å². The molecule has 0 aliphatic heterocycles. The van der Waals surface area contributed by atoms with Crippen molar-refractivity contribution < 1.29 is 23.9 Å². The first kappa shape index (κ1) is 22.7. The number of nitrogens with one attached hydrogen (secondary N) is 2. The van der Waals surface area contributed by atoms with E-state index in [4.69, 9.17) is 9.47 Å². The average molecular weight is 405 g/mol. The minimum atomic E-state index is -1.04. The van der Waals surface area contributed by atoms with E-state index in [-0.39, 0.29) is 5.91 Å². The van der Waals surface area contributed by atoms with Crippen molar-refractivity contribution in [2.45, 2.75) is 64.0 Å². The Kier molecular flexibility index (Phi) is 7.65. The molecule has 0 aromatic heterocycles. The molecule has 7 nitrogen and oxygen atoms in total. The zero-order valence-corrected chi connectivity index (χ0v) is 17.7. The van der Waals surface area contributed by atoms with Crippen molar-refractivity contribution in [3.05, 3.63) is 35.9 Å². The largest absolute Gasteiger partial charge is 0.469 e. The summed E-state index contributed by atoms with van der Waals surface area (Å²) in [4.78, 5) is 37.8. The third kappa shape index (κ3) is 5.49. The van der Waals surface area contributed by atoms with Gasteiger partial charge >= 0.3 is 12.1 Å². The van der Waals surface area contributed by atoms with Crippen molar-refractivity contribution >= 4 is 18.0 Å². The molecule has 2 rings (SSSR count). The van der Waals surface area contributed by atoms with Gasteiger partial charge in [-0.1, -0.05) is 49.6 Å². The fraction of sp³-hybridized carbons (Fsp3) is 0.591. The molecule has 7 heteroatoms. The van der Waals surface area contributed by atoms with E-state index < -0.39 is 29.1 Å². The molecule has 160 valence electrons. The van der Waals surface area contributed by atoms with Gasteiger partial charge in [-0.2, -0.15) is 0 Å². The van der Waals surface area contributed by atoms with Crippen LogP contribution in [0.3, 0.4) is 0 Å². The molecule has 2 N–H and O–H groups in total. The number of esters is 1. The molecular weight excluding hydrogens is 372 g/mol. The minimum Gasteiger partial charge on any atom is -0.469 e. The summed E-state index contributed by atoms with van der Waals surface area (Å²) in [6.07, 6.45) is 3.58. The van der Waals surface area contributed by atoms with Crippen LogP contribution in [-0.2, 0) is 25.5 Å². The van der Waals surface area contributed by atoms with E-state index in [1.165, 1.54) is 14.2 Å². The smallest absolute Gasteiger partial charge is 0.407 e. The van der Waals surface area contributed by atoms with Gasteiger partial charge in [0.05, 0.1) is 19.6 Å². The van der Waals surface area contributed by atoms with E-state index in [2.05, 4.69) is 10.6 Å². The molecule has 0 radical (unpaired) electrons. The number of rotatable bonds is 7. The first-order valence-electron chi connectivity index (χ1n) is 10.0. The Balaban J connectivity index is 2.30. The molecule has 1 unspecified atom stereocenters. The van der Waals surface area contributed by atoms with Crippen LogP contribution in [0.1, 0.15) is 51.5 Å². The molecule has 1 aromatic carbocycles. The maximum Gasteiger partial charge on any atom is 0.407 e. The van der Waals surface area contributed by atoms with E-state index in [9.17, 15) is 14.4 Å². The molecule has 1 saturated carbocycles. The number of ether oxygens (including phenoxy) is 2. The molecule has 0 saturated heterocycles. The normalized spacial score (nSPS) is 17.0. The number of carbonyl (C=O) groups is 3. The van der Waals surface area contributed by atoms with Gasteiger partial charge in [0.25, 0.3) is 0 Å². The summed E-state index contributed by atoms with van der Waals surface area (Å²) in [5.41, 5.74) is -0.998. The minimum absolute atomic E-state index is 0.291. The number of methoxy groups -OCH3 is 2. The number of hydrogen-bond donors (Lipinski definition) is 2. The zero-order chi connectivity index (χ0) is 21.5. The topological polar surface area (TPSA) is 93.7 Å². The molecule has 0 bridgehead atoms. The molecule has 0 heterocycles. The summed E-state index contributed by atoms with van der Waals surface area (Å²) in [6, 6.07) is 9.15. The first-order chi connectivity index (χ1) is 13.7. The molecule has 1 aliphatic rings. The SMILES string of the molecule is COC(=O)NC1(C(=O)NC(Cc2ccccc2)C(C)(C)C(=O)OC)CCCCC1. The van der Waals surface area contributed by atoms with E-state index >= 15 is 0 Å². The highest BCUT2D eigenvalue weighted by molar-refractivity contribution is 5.91. The maximum atomic E-state index is 13.4. The monoisotopic (exact) mass is 404 g/mol. The fourth-order valence-corrected chi connectivity index (χ4v) is 3.85. The van der Waals surface area contributed by atoms with Gasteiger partial charge in [0, 0.05) is 6.04 Å². The predicted octanol–water partition coefficient (Wildman–Crippen LogP) is 2.97. The van der Waals surface area contributed by atoms with E-state index in [1.54, 1.807) is 13.8 Å². The Morgan fingerprint density at radius 2 is 1.66 bits per heavy atom. The Morgan fingerprint density at radius 1 is 1.03 bits per heavy atom. The highest BCUT2D eigenvalue weighted by atomic mass is 16.5. The first-order valence-corrected chi connectivity index (χ1v) is 10.0. The summed E-state index contributed by atoms with van der Waals surface area (Å²) in [7, 11) is 2.62. The van der Waals surface area contributed by atoms with E-state index in [0.717, 1.165) is 24.8 Å². The van der Waals surface area contributed by atoms with Gasteiger partial charge in [0.1, 0.15) is 5.54 Å². The van der Waals surface area contributed by atoms with Crippen LogP contribution in [0.5, 0.6) is 0 Å². The van der Waals surface area contributed by atoms with Crippen LogP contribution < -0.4 is 10.6 Å². The van der Waals surface area contributed by atoms with Crippen LogP contribution in [0.2, 0.25) is 0 Å². The maximum absolute atomic E-state index is 13.4. The molecule has 2 amide bonds. The highest BCUT2D eigenvalue weighted by Gasteiger charge is 2.45. The quantitative estimate of drug-likeness (QED) is 0.682. The van der Waals surface area contributed by atoms with Crippen LogP contribution >= 0.6 is 0 Å². The second-order valence-electron chi connectivity index (χ2n) is 8.19. The molecule has 1 aliphatic carbocycles. The lowest BCUT2D eigenvalue weighted by atomic mass is 9.78. The Morgan fingerprint density at radius 3 is 2.21 bits per heavy atom. The van der Waals surface area contributed by atoms with Crippen molar-refractivity contribution in [1.82, 2.24) is 10.6 Å². The third-order valence-electron chi connectivity index (χ3n) is 5.84. The highest BCUT2D eigenvalue weighted by Crippen LogP contribution is 2.31. The Bertz CT molecular complexity index is 711. The van der Waals surface area contributed by atoms with Crippen molar-refractivity contribution in [2.24, 2.45) is 5.41 Å². The van der Waals surface area contributed by atoms with Gasteiger partial charge in [0.15, 0.2) is 0 Å². The summed E-state index contributed by atoms with van der Waals surface area (Å²) >= 11 is 0. The van der Waals surface area contributed by atoms with Crippen molar-refractivity contribution in [3.8, 4) is 0 Å². The second-order valence-corrected chi connectivity index (χ2v) is 8.19. The van der Waals surface area contributed by atoms with Crippen LogP contribution in [0.15, 0.2) is 30.3 Å². The Labute approximate surface area is 172 Å². The molecule has 0 spiro atoms. The lowest BCUT2D eigenvalue weighted by Gasteiger charge is -2.39. The van der Waals surface area contributed by atoms with Crippen molar-refractivity contribution in [1.29, 1.82) is 0 Å². The van der Waals surface area contributed by atoms with Crippen LogP contribution in [-0.4, -0.2) is 43.8 Å². The number of hydrogen-bond acceptors (Lipinski definition) is 5. The zero-order valence-electron chi connectivity index (χ0n) is 17.7. The summed E-state index contributed by atoms with van der Waals surface area (Å²) in [6.45, 7) is 3.52. The molecular formula is C22H32N2O5. The fourth-order valence-electron chi connectivity index (χ4n) is 3.85. The van der Waals surface area contributed by atoms with E-state index in [0.29, 0.717) is 19.3 Å². The summed E-state index contributed by atoms with van der Waals surface area (Å²) in [5, 5.41) is 5.81. The van der Waals surface area contributed by atoms with Gasteiger partial charge in [0.2, 0.25) is 5.91 Å². The molecule has 1 aromatic rings. The third-order valence-corrected chi connectivity index (χ3v) is 5.84. The van der Waals surface area contributed by atoms with Gasteiger partial charge in [-0.15, -0.1) is 0 Å². The van der Waals surface area contributed by atoms with Crippen LogP contribution in [0.4, 0.5) is 4.79 Å². The number of carbonyl (C=O) groups excluding carboxylic acids is 3. The predicted molar refractivity (Wildman–Crippen MR) is 109 cm³/mol. The van der Waals surface area contributed by atoms with E-state index in [1.807, 2.05) is 30.3 Å². The van der Waals surface area contributed by atoms with Crippen molar-refractivity contribution in [2.75, 3.05) is 14.2 Å². The Hall–Kier alpha value is -2.57. The van der Waals surface area contributed by atoms with Crippen molar-refractivity contribution in [3.63, 3.8) is 0 Å². The average Bonchev–Trinajstić information content (AvgIpc) is 2.73. The van der Waals surface area contributed by atoms with Gasteiger partial charge in [-0.25, -0.2) is 4.79 Å². The van der Waals surface area contributed by atoms with Crippen LogP contribution in [0.25, 0.3) is 0 Å². The van der Waals surface area contributed by atoms with Crippen LogP contribution in [0, 0.1) is 5.41 Å². The molecule has 1 atom stereocenters. The number of alkyl carbamates (subject to hydrolysis) is 1. The standard InChI is InChI=1S/C22H32N2O5/c1-21(2,19(26)28-3)17(15-16-11-7-5-8-12-16)23-18(25)22(24-20(27)29-4)13-9-6-10-14-22/h5,7-8,11-12,17H,6,9-10,13-15H2,1-4H3,(H,23,25)(H,24,27). The second kappa shape index (κ2) is 9.76. The lowest BCUT2D eigenvalue weighted by Crippen LogP contribution is -2.63. The number of amides is 2. The summed E-state index contributed by atoms with van der Waals surface area (Å²) in [5.74, 6) is -0.696. The number of benzene rings is 1. The molecule has 1 fully saturated rings. The lowest BCUT2D eigenvalue weighted by molar-refractivity contribution is -0.153. The van der Waals surface area contributed by atoms with Gasteiger partial charge in [-0.3, -0.25) is 9.59 Å². The summed E-state index contributed by atoms with van der Waals surface area (Å²) < 4.78 is 9.74.